The quantitative estimate of drug-likeness (QED) is 0.853. The van der Waals surface area contributed by atoms with Crippen LogP contribution in [0.3, 0.4) is 0 Å². The van der Waals surface area contributed by atoms with E-state index in [0.717, 1.165) is 6.26 Å². The Morgan fingerprint density at radius 1 is 1.18 bits per heavy atom. The van der Waals surface area contributed by atoms with Crippen molar-refractivity contribution in [3.05, 3.63) is 24.3 Å². The van der Waals surface area contributed by atoms with Crippen molar-refractivity contribution >= 4 is 25.5 Å². The zero-order valence-corrected chi connectivity index (χ0v) is 10.5. The Hall–Kier alpha value is -1.59. The Bertz CT molecular complexity index is 639. The van der Waals surface area contributed by atoms with Crippen molar-refractivity contribution < 1.29 is 16.8 Å². The molecule has 0 aliphatic rings. The van der Waals surface area contributed by atoms with Gasteiger partial charge in [-0.05, 0) is 24.3 Å². The van der Waals surface area contributed by atoms with E-state index in [9.17, 15) is 16.8 Å². The molecule has 6 nitrogen and oxygen atoms in total. The van der Waals surface area contributed by atoms with Gasteiger partial charge < -0.3 is 0 Å². The van der Waals surface area contributed by atoms with E-state index < -0.39 is 25.6 Å². The number of sulfonamides is 1. The average molecular weight is 274 g/mol. The minimum atomic E-state index is -3.69. The van der Waals surface area contributed by atoms with Gasteiger partial charge in [0.05, 0.1) is 11.0 Å². The van der Waals surface area contributed by atoms with Crippen LogP contribution in [-0.4, -0.2) is 28.8 Å². The summed E-state index contributed by atoms with van der Waals surface area (Å²) < 4.78 is 46.9. The summed E-state index contributed by atoms with van der Waals surface area (Å²) in [6.45, 7) is 0. The van der Waals surface area contributed by atoms with Gasteiger partial charge in [-0.25, -0.2) is 16.8 Å². The molecule has 17 heavy (non-hydrogen) atoms. The molecule has 0 heterocycles. The highest BCUT2D eigenvalue weighted by Crippen LogP contribution is 2.14. The van der Waals surface area contributed by atoms with E-state index in [1.807, 2.05) is 0 Å². The highest BCUT2D eigenvalue weighted by molar-refractivity contribution is 7.92. The number of hydrogen-bond donors (Lipinski definition) is 1. The lowest BCUT2D eigenvalue weighted by Gasteiger charge is -2.05. The fourth-order valence-electron chi connectivity index (χ4n) is 1.07. The summed E-state index contributed by atoms with van der Waals surface area (Å²) in [7, 11) is -7.00. The van der Waals surface area contributed by atoms with E-state index in [1.54, 1.807) is 0 Å². The van der Waals surface area contributed by atoms with E-state index in [2.05, 4.69) is 4.72 Å². The summed E-state index contributed by atoms with van der Waals surface area (Å²) in [5, 5.41) is 8.28. The summed E-state index contributed by atoms with van der Waals surface area (Å²) in [4.78, 5) is 0.0979. The SMILES string of the molecule is CS(=O)(=O)c1ccc(NS(=O)(=O)CC#N)cc1. The van der Waals surface area contributed by atoms with Crippen LogP contribution in [0.2, 0.25) is 0 Å². The molecule has 1 aromatic rings. The maximum Gasteiger partial charge on any atom is 0.246 e. The fraction of sp³-hybridized carbons (Fsp3) is 0.222. The smallest absolute Gasteiger partial charge is 0.246 e. The van der Waals surface area contributed by atoms with Gasteiger partial charge >= 0.3 is 0 Å². The standard InChI is InChI=1S/C9H10N2O4S2/c1-16(12,13)9-4-2-8(3-5-9)11-17(14,15)7-6-10/h2-5,11H,7H2,1H3. The second-order valence-electron chi connectivity index (χ2n) is 3.32. The molecule has 0 amide bonds. The first kappa shape index (κ1) is 13.5. The monoisotopic (exact) mass is 274 g/mol. The first-order chi connectivity index (χ1) is 7.74. The van der Waals surface area contributed by atoms with Crippen LogP contribution in [0.15, 0.2) is 29.2 Å². The Kier molecular flexibility index (Phi) is 3.75. The highest BCUT2D eigenvalue weighted by Gasteiger charge is 2.11. The number of benzene rings is 1. The summed E-state index contributed by atoms with van der Waals surface area (Å²) in [5.41, 5.74) is 0.215. The Balaban J connectivity index is 2.95. The molecular weight excluding hydrogens is 264 g/mol. The van der Waals surface area contributed by atoms with Crippen LogP contribution in [0.25, 0.3) is 0 Å². The van der Waals surface area contributed by atoms with Gasteiger partial charge in [0.15, 0.2) is 15.6 Å². The molecule has 0 saturated heterocycles. The van der Waals surface area contributed by atoms with Crippen molar-refractivity contribution in [2.45, 2.75) is 4.90 Å². The number of nitriles is 1. The minimum absolute atomic E-state index is 0.0979. The molecular formula is C9H10N2O4S2. The van der Waals surface area contributed by atoms with Gasteiger partial charge in [-0.1, -0.05) is 0 Å². The molecule has 0 saturated carbocycles. The van der Waals surface area contributed by atoms with Crippen molar-refractivity contribution in [1.82, 2.24) is 0 Å². The molecule has 0 aromatic heterocycles. The number of hydrogen-bond acceptors (Lipinski definition) is 5. The topological polar surface area (TPSA) is 104 Å². The van der Waals surface area contributed by atoms with Gasteiger partial charge in [-0.3, -0.25) is 4.72 Å². The van der Waals surface area contributed by atoms with Gasteiger partial charge in [0, 0.05) is 11.9 Å². The molecule has 0 unspecified atom stereocenters. The maximum absolute atomic E-state index is 11.2. The number of anilines is 1. The summed E-state index contributed by atoms with van der Waals surface area (Å²) >= 11 is 0. The normalized spacial score (nSPS) is 11.8. The lowest BCUT2D eigenvalue weighted by molar-refractivity contribution is 0.601. The predicted octanol–water partition coefficient (Wildman–Crippen LogP) is 0.355. The van der Waals surface area contributed by atoms with Crippen LogP contribution in [0.4, 0.5) is 5.69 Å². The molecule has 0 spiro atoms. The van der Waals surface area contributed by atoms with Crippen LogP contribution in [0.5, 0.6) is 0 Å². The first-order valence-corrected chi connectivity index (χ1v) is 7.96. The number of sulfone groups is 1. The van der Waals surface area contributed by atoms with E-state index in [0.29, 0.717) is 0 Å². The molecule has 0 aliphatic carbocycles. The van der Waals surface area contributed by atoms with Crippen molar-refractivity contribution in [2.24, 2.45) is 0 Å². The van der Waals surface area contributed by atoms with Crippen molar-refractivity contribution in [3.63, 3.8) is 0 Å². The average Bonchev–Trinajstić information content (AvgIpc) is 2.16. The molecule has 0 radical (unpaired) electrons. The second-order valence-corrected chi connectivity index (χ2v) is 7.05. The van der Waals surface area contributed by atoms with Crippen LogP contribution in [0.1, 0.15) is 0 Å². The van der Waals surface area contributed by atoms with Gasteiger partial charge in [0.1, 0.15) is 0 Å². The van der Waals surface area contributed by atoms with E-state index in [4.69, 9.17) is 5.26 Å². The second kappa shape index (κ2) is 4.73. The van der Waals surface area contributed by atoms with Crippen LogP contribution >= 0.6 is 0 Å². The van der Waals surface area contributed by atoms with Crippen LogP contribution in [-0.2, 0) is 19.9 Å². The highest BCUT2D eigenvalue weighted by atomic mass is 32.2. The predicted molar refractivity (Wildman–Crippen MR) is 62.6 cm³/mol. The van der Waals surface area contributed by atoms with Gasteiger partial charge in [-0.15, -0.1) is 0 Å². The summed E-state index contributed by atoms with van der Waals surface area (Å²) in [6, 6.07) is 6.75. The van der Waals surface area contributed by atoms with Crippen molar-refractivity contribution in [1.29, 1.82) is 5.26 Å². The number of rotatable bonds is 4. The third kappa shape index (κ3) is 4.05. The third-order valence-electron chi connectivity index (χ3n) is 1.81. The maximum atomic E-state index is 11.2. The van der Waals surface area contributed by atoms with Crippen LogP contribution < -0.4 is 4.72 Å². The molecule has 1 rings (SSSR count). The molecule has 0 atom stereocenters. The molecule has 8 heteroatoms. The lowest BCUT2D eigenvalue weighted by atomic mass is 10.3. The Labute approximate surface area is 99.9 Å². The fourth-order valence-corrected chi connectivity index (χ4v) is 2.44. The summed E-state index contributed by atoms with van der Waals surface area (Å²) in [5.74, 6) is -0.652. The van der Waals surface area contributed by atoms with E-state index in [1.165, 1.54) is 30.3 Å². The molecule has 92 valence electrons. The number of nitrogens with one attached hydrogen (secondary N) is 1. The molecule has 1 aromatic carbocycles. The first-order valence-electron chi connectivity index (χ1n) is 4.42. The largest absolute Gasteiger partial charge is 0.283 e. The number of nitrogens with zero attached hydrogens (tertiary/aromatic N) is 1. The van der Waals surface area contributed by atoms with Gasteiger partial charge in [0.25, 0.3) is 0 Å². The minimum Gasteiger partial charge on any atom is -0.283 e. The molecule has 0 aliphatic heterocycles. The Morgan fingerprint density at radius 3 is 2.12 bits per heavy atom. The third-order valence-corrected chi connectivity index (χ3v) is 3.99. The van der Waals surface area contributed by atoms with Gasteiger partial charge in [0.2, 0.25) is 10.0 Å². The molecule has 0 bridgehead atoms. The van der Waals surface area contributed by atoms with Crippen LogP contribution in [0, 0.1) is 11.3 Å². The molecule has 0 fully saturated rings. The van der Waals surface area contributed by atoms with Gasteiger partial charge in [-0.2, -0.15) is 5.26 Å². The zero-order valence-electron chi connectivity index (χ0n) is 8.91. The summed E-state index contributed by atoms with van der Waals surface area (Å²) in [6.07, 6.45) is 1.06. The zero-order chi connectivity index (χ0) is 13.1. The Morgan fingerprint density at radius 2 is 1.71 bits per heavy atom. The van der Waals surface area contributed by atoms with Crippen molar-refractivity contribution in [3.8, 4) is 6.07 Å². The van der Waals surface area contributed by atoms with Crippen molar-refractivity contribution in [2.75, 3.05) is 16.7 Å². The lowest BCUT2D eigenvalue weighted by Crippen LogP contribution is -2.15. The van der Waals surface area contributed by atoms with E-state index >= 15 is 0 Å². The molecule has 1 N–H and O–H groups in total. The van der Waals surface area contributed by atoms with E-state index in [-0.39, 0.29) is 10.6 Å².